The van der Waals surface area contributed by atoms with E-state index in [9.17, 15) is 4.79 Å². The molecule has 0 aliphatic heterocycles. The lowest BCUT2D eigenvalue weighted by molar-refractivity contribution is 0.122. The SMILES string of the molecule is CCC=NC(=O)NCOCCC. The molecule has 0 aromatic rings. The number of urea groups is 1. The highest BCUT2D eigenvalue weighted by molar-refractivity contribution is 5.83. The molecule has 1 N–H and O–H groups in total. The molecule has 0 unspecified atom stereocenters. The number of nitrogens with zero attached hydrogens (tertiary/aromatic N) is 1. The van der Waals surface area contributed by atoms with Crippen LogP contribution in [0.25, 0.3) is 0 Å². The van der Waals surface area contributed by atoms with Crippen molar-refractivity contribution < 1.29 is 9.53 Å². The molecular weight excluding hydrogens is 156 g/mol. The van der Waals surface area contributed by atoms with Crippen molar-refractivity contribution in [1.82, 2.24) is 5.32 Å². The fourth-order valence-electron chi connectivity index (χ4n) is 0.549. The van der Waals surface area contributed by atoms with Crippen LogP contribution in [0, 0.1) is 0 Å². The summed E-state index contributed by atoms with van der Waals surface area (Å²) < 4.78 is 5.03. The number of carbonyl (C=O) groups is 1. The maximum atomic E-state index is 10.8. The smallest absolute Gasteiger partial charge is 0.342 e. The van der Waals surface area contributed by atoms with Gasteiger partial charge >= 0.3 is 6.03 Å². The molecular formula is C8H16N2O2. The van der Waals surface area contributed by atoms with E-state index in [-0.39, 0.29) is 12.8 Å². The molecule has 12 heavy (non-hydrogen) atoms. The number of hydrogen-bond donors (Lipinski definition) is 1. The fraction of sp³-hybridized carbons (Fsp3) is 0.750. The van der Waals surface area contributed by atoms with Crippen LogP contribution in [0.4, 0.5) is 4.79 Å². The minimum atomic E-state index is -0.340. The molecule has 0 saturated carbocycles. The van der Waals surface area contributed by atoms with Gasteiger partial charge in [0.15, 0.2) is 0 Å². The Labute approximate surface area is 73.0 Å². The predicted octanol–water partition coefficient (Wildman–Crippen LogP) is 1.56. The minimum Gasteiger partial charge on any atom is -0.361 e. The van der Waals surface area contributed by atoms with Crippen LogP contribution < -0.4 is 5.32 Å². The number of ether oxygens (including phenoxy) is 1. The molecule has 0 radical (unpaired) electrons. The quantitative estimate of drug-likeness (QED) is 0.388. The van der Waals surface area contributed by atoms with Crippen LogP contribution in [0.1, 0.15) is 26.7 Å². The van der Waals surface area contributed by atoms with Gasteiger partial charge < -0.3 is 10.1 Å². The molecule has 0 aliphatic carbocycles. The van der Waals surface area contributed by atoms with Crippen molar-refractivity contribution in [2.24, 2.45) is 4.99 Å². The number of amides is 2. The second-order valence-corrected chi connectivity index (χ2v) is 2.25. The standard InChI is InChI=1S/C8H16N2O2/c1-3-5-9-8(11)10-7-12-6-4-2/h5H,3-4,6-7H2,1-2H3,(H,10,11). The van der Waals surface area contributed by atoms with E-state index in [1.165, 1.54) is 0 Å². The average molecular weight is 172 g/mol. The molecule has 0 bridgehead atoms. The lowest BCUT2D eigenvalue weighted by Crippen LogP contribution is -2.23. The van der Waals surface area contributed by atoms with Crippen LogP contribution in [0.15, 0.2) is 4.99 Å². The van der Waals surface area contributed by atoms with Crippen LogP contribution in [0.2, 0.25) is 0 Å². The van der Waals surface area contributed by atoms with Crippen molar-refractivity contribution in [2.75, 3.05) is 13.3 Å². The van der Waals surface area contributed by atoms with Gasteiger partial charge in [-0.1, -0.05) is 13.8 Å². The van der Waals surface area contributed by atoms with E-state index in [4.69, 9.17) is 4.74 Å². The summed E-state index contributed by atoms with van der Waals surface area (Å²) in [7, 11) is 0. The van der Waals surface area contributed by atoms with Gasteiger partial charge in [-0.3, -0.25) is 0 Å². The fourth-order valence-corrected chi connectivity index (χ4v) is 0.549. The van der Waals surface area contributed by atoms with Crippen LogP contribution in [-0.4, -0.2) is 25.6 Å². The lowest BCUT2D eigenvalue weighted by Gasteiger charge is -2.01. The minimum absolute atomic E-state index is 0.244. The third-order valence-corrected chi connectivity index (χ3v) is 1.07. The van der Waals surface area contributed by atoms with E-state index >= 15 is 0 Å². The molecule has 0 rings (SSSR count). The molecule has 0 aromatic carbocycles. The van der Waals surface area contributed by atoms with E-state index in [0.717, 1.165) is 12.8 Å². The zero-order valence-corrected chi connectivity index (χ0v) is 7.67. The average Bonchev–Trinajstić information content (AvgIpc) is 2.09. The second-order valence-electron chi connectivity index (χ2n) is 2.25. The first-order valence-electron chi connectivity index (χ1n) is 4.19. The third-order valence-electron chi connectivity index (χ3n) is 1.07. The van der Waals surface area contributed by atoms with Crippen LogP contribution in [-0.2, 0) is 4.74 Å². The zero-order valence-electron chi connectivity index (χ0n) is 7.67. The van der Waals surface area contributed by atoms with Gasteiger partial charge in [-0.2, -0.15) is 0 Å². The highest BCUT2D eigenvalue weighted by Crippen LogP contribution is 1.79. The third kappa shape index (κ3) is 7.21. The van der Waals surface area contributed by atoms with Gasteiger partial charge in [-0.15, -0.1) is 0 Å². The highest BCUT2D eigenvalue weighted by atomic mass is 16.5. The van der Waals surface area contributed by atoms with Gasteiger partial charge in [-0.25, -0.2) is 9.79 Å². The molecule has 70 valence electrons. The Morgan fingerprint density at radius 3 is 2.92 bits per heavy atom. The molecule has 4 nitrogen and oxygen atoms in total. The summed E-state index contributed by atoms with van der Waals surface area (Å²) >= 11 is 0. The maximum absolute atomic E-state index is 10.8. The normalized spacial score (nSPS) is 10.5. The molecule has 0 saturated heterocycles. The Morgan fingerprint density at radius 2 is 2.33 bits per heavy atom. The van der Waals surface area contributed by atoms with E-state index in [2.05, 4.69) is 10.3 Å². The van der Waals surface area contributed by atoms with E-state index in [1.807, 2.05) is 13.8 Å². The van der Waals surface area contributed by atoms with Gasteiger partial charge in [0, 0.05) is 12.8 Å². The molecule has 0 fully saturated rings. The highest BCUT2D eigenvalue weighted by Gasteiger charge is 1.92. The Bertz CT molecular complexity index is 146. The Balaban J connectivity index is 3.25. The van der Waals surface area contributed by atoms with Crippen molar-refractivity contribution in [2.45, 2.75) is 26.7 Å². The van der Waals surface area contributed by atoms with Gasteiger partial charge in [0.2, 0.25) is 0 Å². The number of carbonyl (C=O) groups excluding carboxylic acids is 1. The van der Waals surface area contributed by atoms with Crippen LogP contribution >= 0.6 is 0 Å². The summed E-state index contributed by atoms with van der Waals surface area (Å²) in [6, 6.07) is -0.340. The number of hydrogen-bond acceptors (Lipinski definition) is 2. The van der Waals surface area contributed by atoms with Crippen molar-refractivity contribution in [3.8, 4) is 0 Å². The predicted molar refractivity (Wildman–Crippen MR) is 48.4 cm³/mol. The van der Waals surface area contributed by atoms with Gasteiger partial charge in [0.05, 0.1) is 0 Å². The topological polar surface area (TPSA) is 50.7 Å². The van der Waals surface area contributed by atoms with Gasteiger partial charge in [0.25, 0.3) is 0 Å². The molecule has 0 aliphatic rings. The van der Waals surface area contributed by atoms with Crippen molar-refractivity contribution >= 4 is 12.2 Å². The van der Waals surface area contributed by atoms with Crippen molar-refractivity contribution in [1.29, 1.82) is 0 Å². The molecule has 0 atom stereocenters. The van der Waals surface area contributed by atoms with Gasteiger partial charge in [-0.05, 0) is 12.8 Å². The van der Waals surface area contributed by atoms with Crippen molar-refractivity contribution in [3.05, 3.63) is 0 Å². The van der Waals surface area contributed by atoms with E-state index in [0.29, 0.717) is 6.61 Å². The molecule has 0 aromatic heterocycles. The summed E-state index contributed by atoms with van der Waals surface area (Å²) in [6.07, 6.45) is 3.28. The molecule has 0 spiro atoms. The Kier molecular flexibility index (Phi) is 7.58. The lowest BCUT2D eigenvalue weighted by atomic mass is 10.5. The summed E-state index contributed by atoms with van der Waals surface area (Å²) in [4.78, 5) is 14.4. The first-order valence-corrected chi connectivity index (χ1v) is 4.19. The van der Waals surface area contributed by atoms with Crippen LogP contribution in [0.5, 0.6) is 0 Å². The maximum Gasteiger partial charge on any atom is 0.342 e. The van der Waals surface area contributed by atoms with Gasteiger partial charge in [0.1, 0.15) is 6.73 Å². The molecule has 2 amide bonds. The summed E-state index contributed by atoms with van der Waals surface area (Å²) in [5.74, 6) is 0. The first kappa shape index (κ1) is 11.1. The van der Waals surface area contributed by atoms with E-state index in [1.54, 1.807) is 6.21 Å². The number of rotatable bonds is 5. The number of nitrogens with one attached hydrogen (secondary N) is 1. The Hall–Kier alpha value is -0.900. The first-order chi connectivity index (χ1) is 5.81. The monoisotopic (exact) mass is 172 g/mol. The largest absolute Gasteiger partial charge is 0.361 e. The summed E-state index contributed by atoms with van der Waals surface area (Å²) in [6.45, 7) is 4.84. The van der Waals surface area contributed by atoms with Crippen LogP contribution in [0.3, 0.4) is 0 Å². The number of aliphatic imine (C=N–C) groups is 1. The molecule has 0 heterocycles. The summed E-state index contributed by atoms with van der Waals surface area (Å²) in [5, 5.41) is 2.49. The molecule has 4 heteroatoms. The van der Waals surface area contributed by atoms with Crippen molar-refractivity contribution in [3.63, 3.8) is 0 Å². The zero-order chi connectivity index (χ0) is 9.23. The van der Waals surface area contributed by atoms with E-state index < -0.39 is 0 Å². The second kappa shape index (κ2) is 8.20. The summed E-state index contributed by atoms with van der Waals surface area (Å²) in [5.41, 5.74) is 0. The Morgan fingerprint density at radius 1 is 1.58 bits per heavy atom.